The first-order valence-corrected chi connectivity index (χ1v) is 8.20. The number of benzene rings is 2. The Hall–Kier alpha value is -3.13. The molecule has 7 nitrogen and oxygen atoms in total. The van der Waals surface area contributed by atoms with Gasteiger partial charge >= 0.3 is 0 Å². The number of ether oxygens (including phenoxy) is 2. The first-order valence-electron chi connectivity index (χ1n) is 7.79. The molecule has 0 unspecified atom stereocenters. The summed E-state index contributed by atoms with van der Waals surface area (Å²) in [6.45, 7) is 1.57. The lowest BCUT2D eigenvalue weighted by atomic mass is 10.2. The Morgan fingerprint density at radius 1 is 0.846 bits per heavy atom. The second-order valence-electron chi connectivity index (χ2n) is 5.25. The highest BCUT2D eigenvalue weighted by molar-refractivity contribution is 7.80. The number of thiocarbonyl (C=S) groups is 1. The van der Waals surface area contributed by atoms with Gasteiger partial charge in [-0.05, 0) is 43.4 Å². The van der Waals surface area contributed by atoms with Crippen LogP contribution in [0.4, 0.5) is 0 Å². The number of rotatable bonds is 6. The van der Waals surface area contributed by atoms with Crippen LogP contribution in [0.15, 0.2) is 54.6 Å². The standard InChI is InChI=1S/C18H19N3O4S/c1-13-7-9-15(10-8-13)25-12-17(23)20-21-18(26)19-16(22)11-24-14-5-3-2-4-6-14/h2-10H,11-12H2,1H3,(H,20,23)(H2,19,21,22,26). The summed E-state index contributed by atoms with van der Waals surface area (Å²) in [7, 11) is 0. The smallest absolute Gasteiger partial charge is 0.276 e. The van der Waals surface area contributed by atoms with Crippen LogP contribution in [0.25, 0.3) is 0 Å². The molecular formula is C18H19N3O4S. The van der Waals surface area contributed by atoms with Gasteiger partial charge in [0.15, 0.2) is 18.3 Å². The lowest BCUT2D eigenvalue weighted by Crippen LogP contribution is -2.50. The zero-order valence-corrected chi connectivity index (χ0v) is 15.0. The van der Waals surface area contributed by atoms with E-state index in [4.69, 9.17) is 21.7 Å². The summed E-state index contributed by atoms with van der Waals surface area (Å²) < 4.78 is 10.6. The maximum absolute atomic E-state index is 11.7. The zero-order valence-electron chi connectivity index (χ0n) is 14.2. The van der Waals surface area contributed by atoms with Crippen molar-refractivity contribution >= 4 is 29.1 Å². The van der Waals surface area contributed by atoms with Crippen LogP contribution in [0.1, 0.15) is 5.56 Å². The van der Waals surface area contributed by atoms with Crippen LogP contribution in [0.5, 0.6) is 11.5 Å². The summed E-state index contributed by atoms with van der Waals surface area (Å²) >= 11 is 4.92. The Morgan fingerprint density at radius 3 is 2.08 bits per heavy atom. The van der Waals surface area contributed by atoms with Crippen molar-refractivity contribution in [1.29, 1.82) is 0 Å². The SMILES string of the molecule is Cc1ccc(OCC(=O)NNC(=S)NC(=O)COc2ccccc2)cc1. The Labute approximate surface area is 156 Å². The van der Waals surface area contributed by atoms with Gasteiger partial charge in [0.1, 0.15) is 11.5 Å². The minimum absolute atomic E-state index is 0.0460. The van der Waals surface area contributed by atoms with Crippen molar-refractivity contribution in [3.8, 4) is 11.5 Å². The second-order valence-corrected chi connectivity index (χ2v) is 5.66. The normalized spacial score (nSPS) is 9.73. The van der Waals surface area contributed by atoms with E-state index in [0.29, 0.717) is 11.5 Å². The Balaban J connectivity index is 1.62. The third-order valence-electron chi connectivity index (χ3n) is 3.07. The van der Waals surface area contributed by atoms with Crippen LogP contribution < -0.4 is 25.6 Å². The molecule has 0 spiro atoms. The van der Waals surface area contributed by atoms with Crippen molar-refractivity contribution in [3.05, 3.63) is 60.2 Å². The molecule has 0 heterocycles. The molecule has 2 aromatic rings. The molecule has 2 amide bonds. The van der Waals surface area contributed by atoms with E-state index in [1.54, 1.807) is 36.4 Å². The molecule has 8 heteroatoms. The van der Waals surface area contributed by atoms with Crippen molar-refractivity contribution in [1.82, 2.24) is 16.2 Å². The molecule has 0 radical (unpaired) electrons. The maximum atomic E-state index is 11.7. The molecule has 0 bridgehead atoms. The minimum atomic E-state index is -0.448. The number of carbonyl (C=O) groups is 2. The van der Waals surface area contributed by atoms with Gasteiger partial charge in [-0.2, -0.15) is 0 Å². The van der Waals surface area contributed by atoms with Gasteiger partial charge in [0.2, 0.25) is 0 Å². The van der Waals surface area contributed by atoms with Gasteiger partial charge in [-0.1, -0.05) is 35.9 Å². The fourth-order valence-corrected chi connectivity index (χ4v) is 1.97. The van der Waals surface area contributed by atoms with Gasteiger partial charge < -0.3 is 9.47 Å². The van der Waals surface area contributed by atoms with Crippen molar-refractivity contribution in [2.45, 2.75) is 6.92 Å². The highest BCUT2D eigenvalue weighted by atomic mass is 32.1. The molecule has 2 aromatic carbocycles. The number of carbonyl (C=O) groups excluding carboxylic acids is 2. The highest BCUT2D eigenvalue weighted by Gasteiger charge is 2.07. The van der Waals surface area contributed by atoms with Gasteiger partial charge in [-0.3, -0.25) is 25.8 Å². The number of amides is 2. The van der Waals surface area contributed by atoms with Crippen LogP contribution >= 0.6 is 12.2 Å². The van der Waals surface area contributed by atoms with Crippen LogP contribution in [-0.2, 0) is 9.59 Å². The summed E-state index contributed by atoms with van der Waals surface area (Å²) in [6, 6.07) is 16.2. The molecule has 2 rings (SSSR count). The zero-order chi connectivity index (χ0) is 18.8. The Kier molecular flexibility index (Phi) is 7.38. The quantitative estimate of drug-likeness (QED) is 0.525. The van der Waals surface area contributed by atoms with Crippen LogP contribution in [0.2, 0.25) is 0 Å². The second kappa shape index (κ2) is 10.00. The van der Waals surface area contributed by atoms with Crippen molar-refractivity contribution in [2.75, 3.05) is 13.2 Å². The number of aryl methyl sites for hydroxylation is 1. The number of hydrazine groups is 1. The molecular weight excluding hydrogens is 354 g/mol. The van der Waals surface area contributed by atoms with E-state index >= 15 is 0 Å². The van der Waals surface area contributed by atoms with Gasteiger partial charge in [-0.25, -0.2) is 0 Å². The van der Waals surface area contributed by atoms with Crippen molar-refractivity contribution in [2.24, 2.45) is 0 Å². The molecule has 0 aliphatic rings. The maximum Gasteiger partial charge on any atom is 0.276 e. The predicted octanol–water partition coefficient (Wildman–Crippen LogP) is 1.47. The minimum Gasteiger partial charge on any atom is -0.484 e. The molecule has 0 fully saturated rings. The van der Waals surface area contributed by atoms with E-state index in [9.17, 15) is 9.59 Å². The molecule has 136 valence electrons. The van der Waals surface area contributed by atoms with Crippen molar-refractivity contribution < 1.29 is 19.1 Å². The summed E-state index contributed by atoms with van der Waals surface area (Å²) in [6.07, 6.45) is 0. The summed E-state index contributed by atoms with van der Waals surface area (Å²) in [5.41, 5.74) is 5.85. The van der Waals surface area contributed by atoms with E-state index in [1.807, 2.05) is 25.1 Å². The van der Waals surface area contributed by atoms with Gasteiger partial charge in [0.25, 0.3) is 11.8 Å². The van der Waals surface area contributed by atoms with E-state index in [-0.39, 0.29) is 18.3 Å². The lowest BCUT2D eigenvalue weighted by molar-refractivity contribution is -0.124. The van der Waals surface area contributed by atoms with E-state index in [0.717, 1.165) is 5.56 Å². The average Bonchev–Trinajstić information content (AvgIpc) is 2.65. The summed E-state index contributed by atoms with van der Waals surface area (Å²) in [4.78, 5) is 23.4. The van der Waals surface area contributed by atoms with Gasteiger partial charge in [0, 0.05) is 0 Å². The molecule has 0 atom stereocenters. The fraction of sp³-hybridized carbons (Fsp3) is 0.167. The molecule has 0 aliphatic carbocycles. The first-order chi connectivity index (χ1) is 12.5. The van der Waals surface area contributed by atoms with Crippen LogP contribution in [-0.4, -0.2) is 30.1 Å². The highest BCUT2D eigenvalue weighted by Crippen LogP contribution is 2.10. The topological polar surface area (TPSA) is 88.7 Å². The number of para-hydroxylation sites is 1. The van der Waals surface area contributed by atoms with E-state index in [1.165, 1.54) is 0 Å². The molecule has 0 saturated heterocycles. The largest absolute Gasteiger partial charge is 0.484 e. The van der Waals surface area contributed by atoms with Gasteiger partial charge in [-0.15, -0.1) is 0 Å². The van der Waals surface area contributed by atoms with Gasteiger partial charge in [0.05, 0.1) is 0 Å². The van der Waals surface area contributed by atoms with E-state index in [2.05, 4.69) is 16.2 Å². The average molecular weight is 373 g/mol. The molecule has 0 aromatic heterocycles. The predicted molar refractivity (Wildman–Crippen MR) is 101 cm³/mol. The first kappa shape index (κ1) is 19.2. The number of nitrogens with one attached hydrogen (secondary N) is 3. The molecule has 0 aliphatic heterocycles. The lowest BCUT2D eigenvalue weighted by Gasteiger charge is -2.12. The fourth-order valence-electron chi connectivity index (χ4n) is 1.81. The summed E-state index contributed by atoms with van der Waals surface area (Å²) in [5, 5.41) is 2.34. The third kappa shape index (κ3) is 7.18. The van der Waals surface area contributed by atoms with E-state index < -0.39 is 11.8 Å². The monoisotopic (exact) mass is 373 g/mol. The molecule has 0 saturated carbocycles. The Morgan fingerprint density at radius 2 is 1.42 bits per heavy atom. The van der Waals surface area contributed by atoms with Crippen molar-refractivity contribution in [3.63, 3.8) is 0 Å². The Bertz CT molecular complexity index is 751. The van der Waals surface area contributed by atoms with Crippen LogP contribution in [0, 0.1) is 6.92 Å². The molecule has 3 N–H and O–H groups in total. The number of hydrogen-bond donors (Lipinski definition) is 3. The van der Waals surface area contributed by atoms with Crippen LogP contribution in [0.3, 0.4) is 0 Å². The molecule has 26 heavy (non-hydrogen) atoms. The summed E-state index contributed by atoms with van der Waals surface area (Å²) in [5.74, 6) is 0.266. The third-order valence-corrected chi connectivity index (χ3v) is 3.28. The number of hydrogen-bond acceptors (Lipinski definition) is 5.